The molecule has 4 nitrogen and oxygen atoms in total. The highest BCUT2D eigenvalue weighted by atomic mass is 19.1. The zero-order valence-electron chi connectivity index (χ0n) is 22.2. The van der Waals surface area contributed by atoms with Crippen molar-refractivity contribution >= 4 is 0 Å². The first kappa shape index (κ1) is 26.4. The van der Waals surface area contributed by atoms with Crippen molar-refractivity contribution in [2.45, 2.75) is 58.2 Å². The minimum Gasteiger partial charge on any atom is -0.494 e. The van der Waals surface area contributed by atoms with Crippen molar-refractivity contribution in [2.24, 2.45) is 5.92 Å². The van der Waals surface area contributed by atoms with Crippen LogP contribution in [0.2, 0.25) is 0 Å². The molecule has 2 aliphatic heterocycles. The fourth-order valence-corrected chi connectivity index (χ4v) is 5.87. The SMILES string of the molecule is N#Cc1cccc(CN2CCC(CCCOc3ccc4c(c3)CN(Cc3ccc(F)cc3)CCC4)CC2)c1. The average Bonchev–Trinajstić information content (AvgIpc) is 3.14. The molecule has 3 aromatic carbocycles. The Morgan fingerprint density at radius 2 is 1.68 bits per heavy atom. The maximum Gasteiger partial charge on any atom is 0.123 e. The monoisotopic (exact) mass is 511 g/mol. The van der Waals surface area contributed by atoms with Crippen LogP contribution in [0.1, 0.15) is 59.9 Å². The van der Waals surface area contributed by atoms with Crippen LogP contribution in [-0.2, 0) is 26.1 Å². The van der Waals surface area contributed by atoms with Gasteiger partial charge in [0.05, 0.1) is 18.2 Å². The lowest BCUT2D eigenvalue weighted by Crippen LogP contribution is -2.33. The third kappa shape index (κ3) is 7.43. The Kier molecular flexibility index (Phi) is 9.06. The number of nitrogens with zero attached hydrogens (tertiary/aromatic N) is 3. The van der Waals surface area contributed by atoms with Gasteiger partial charge in [-0.15, -0.1) is 0 Å². The molecule has 5 heteroatoms. The van der Waals surface area contributed by atoms with E-state index in [1.807, 2.05) is 30.3 Å². The summed E-state index contributed by atoms with van der Waals surface area (Å²) in [6, 6.07) is 23.7. The maximum atomic E-state index is 13.3. The van der Waals surface area contributed by atoms with Crippen LogP contribution in [0.4, 0.5) is 4.39 Å². The molecule has 0 aliphatic carbocycles. The molecular weight excluding hydrogens is 473 g/mol. The molecule has 0 saturated carbocycles. The number of nitriles is 1. The lowest BCUT2D eigenvalue weighted by Gasteiger charge is -2.32. The fraction of sp³-hybridized carbons (Fsp3) is 0.424. The van der Waals surface area contributed by atoms with Crippen LogP contribution in [0, 0.1) is 23.1 Å². The Morgan fingerprint density at radius 3 is 2.50 bits per heavy atom. The summed E-state index contributed by atoms with van der Waals surface area (Å²) in [6.45, 7) is 6.75. The molecule has 0 bridgehead atoms. The molecule has 1 saturated heterocycles. The second-order valence-electron chi connectivity index (χ2n) is 10.9. The Labute approximate surface area is 226 Å². The van der Waals surface area contributed by atoms with E-state index in [1.54, 1.807) is 12.1 Å². The molecule has 2 aliphatic rings. The largest absolute Gasteiger partial charge is 0.494 e. The predicted octanol–water partition coefficient (Wildman–Crippen LogP) is 6.72. The third-order valence-electron chi connectivity index (χ3n) is 8.01. The normalized spacial score (nSPS) is 16.9. The molecule has 0 aromatic heterocycles. The quantitative estimate of drug-likeness (QED) is 0.299. The van der Waals surface area contributed by atoms with E-state index < -0.39 is 0 Å². The number of hydrogen-bond donors (Lipinski definition) is 0. The summed E-state index contributed by atoms with van der Waals surface area (Å²) >= 11 is 0. The number of rotatable bonds is 9. The van der Waals surface area contributed by atoms with E-state index in [4.69, 9.17) is 10.00 Å². The van der Waals surface area contributed by atoms with Crippen molar-refractivity contribution in [3.8, 4) is 11.8 Å². The molecule has 198 valence electrons. The van der Waals surface area contributed by atoms with Crippen LogP contribution < -0.4 is 4.74 Å². The Bertz CT molecular complexity index is 1230. The smallest absolute Gasteiger partial charge is 0.123 e. The molecule has 0 radical (unpaired) electrons. The van der Waals surface area contributed by atoms with E-state index in [1.165, 1.54) is 36.0 Å². The van der Waals surface area contributed by atoms with Gasteiger partial charge in [-0.3, -0.25) is 9.80 Å². The lowest BCUT2D eigenvalue weighted by molar-refractivity contribution is 0.166. The van der Waals surface area contributed by atoms with Gasteiger partial charge < -0.3 is 4.74 Å². The number of benzene rings is 3. The van der Waals surface area contributed by atoms with E-state index in [-0.39, 0.29) is 5.82 Å². The maximum absolute atomic E-state index is 13.3. The molecule has 38 heavy (non-hydrogen) atoms. The van der Waals surface area contributed by atoms with Crippen LogP contribution >= 0.6 is 0 Å². The first-order valence-corrected chi connectivity index (χ1v) is 14.1. The summed E-state index contributed by atoms with van der Waals surface area (Å²) in [4.78, 5) is 4.97. The summed E-state index contributed by atoms with van der Waals surface area (Å²) < 4.78 is 19.5. The summed E-state index contributed by atoms with van der Waals surface area (Å²) in [5.41, 5.74) is 5.91. The van der Waals surface area contributed by atoms with Gasteiger partial charge in [-0.25, -0.2) is 4.39 Å². The number of ether oxygens (including phenoxy) is 1. The molecule has 0 atom stereocenters. The van der Waals surface area contributed by atoms with Gasteiger partial charge >= 0.3 is 0 Å². The molecule has 5 rings (SSSR count). The van der Waals surface area contributed by atoms with Gasteiger partial charge in [-0.1, -0.05) is 30.3 Å². The van der Waals surface area contributed by atoms with Crippen molar-refractivity contribution in [3.05, 3.63) is 100 Å². The van der Waals surface area contributed by atoms with E-state index in [0.29, 0.717) is 0 Å². The Hall–Kier alpha value is -3.20. The van der Waals surface area contributed by atoms with Gasteiger partial charge in [0.15, 0.2) is 0 Å². The van der Waals surface area contributed by atoms with Crippen molar-refractivity contribution in [1.29, 1.82) is 5.26 Å². The van der Waals surface area contributed by atoms with Crippen LogP contribution in [0.15, 0.2) is 66.7 Å². The summed E-state index contributed by atoms with van der Waals surface area (Å²) in [5.74, 6) is 1.57. The fourth-order valence-electron chi connectivity index (χ4n) is 5.87. The first-order valence-electron chi connectivity index (χ1n) is 14.1. The van der Waals surface area contributed by atoms with E-state index >= 15 is 0 Å². The van der Waals surface area contributed by atoms with E-state index in [9.17, 15) is 4.39 Å². The van der Waals surface area contributed by atoms with Crippen LogP contribution in [-0.4, -0.2) is 36.0 Å². The lowest BCUT2D eigenvalue weighted by atomic mass is 9.92. The Morgan fingerprint density at radius 1 is 0.868 bits per heavy atom. The van der Waals surface area contributed by atoms with Crippen LogP contribution in [0.3, 0.4) is 0 Å². The molecule has 2 heterocycles. The topological polar surface area (TPSA) is 39.5 Å². The van der Waals surface area contributed by atoms with Crippen molar-refractivity contribution in [3.63, 3.8) is 0 Å². The minimum absolute atomic E-state index is 0.179. The summed E-state index contributed by atoms with van der Waals surface area (Å²) in [5, 5.41) is 9.12. The molecule has 0 amide bonds. The molecule has 3 aromatic rings. The number of fused-ring (bicyclic) bond motifs is 1. The molecule has 0 N–H and O–H groups in total. The van der Waals surface area contributed by atoms with Gasteiger partial charge in [-0.2, -0.15) is 5.26 Å². The van der Waals surface area contributed by atoms with Crippen LogP contribution in [0.25, 0.3) is 0 Å². The van der Waals surface area contributed by atoms with E-state index in [0.717, 1.165) is 87.9 Å². The molecule has 1 fully saturated rings. The van der Waals surface area contributed by atoms with Gasteiger partial charge in [0.25, 0.3) is 0 Å². The predicted molar refractivity (Wildman–Crippen MR) is 149 cm³/mol. The minimum atomic E-state index is -0.179. The number of halogens is 1. The van der Waals surface area contributed by atoms with Crippen LogP contribution in [0.5, 0.6) is 5.75 Å². The number of likely N-dealkylation sites (tertiary alicyclic amines) is 1. The molecule has 0 spiro atoms. The van der Waals surface area contributed by atoms with Crippen molar-refractivity contribution in [2.75, 3.05) is 26.2 Å². The van der Waals surface area contributed by atoms with E-state index in [2.05, 4.69) is 40.1 Å². The third-order valence-corrected chi connectivity index (χ3v) is 8.01. The second kappa shape index (κ2) is 13.0. The number of aryl methyl sites for hydroxylation is 1. The summed E-state index contributed by atoms with van der Waals surface area (Å²) in [6.07, 6.45) is 7.01. The zero-order chi connectivity index (χ0) is 26.2. The highest BCUT2D eigenvalue weighted by Crippen LogP contribution is 2.26. The average molecular weight is 512 g/mol. The van der Waals surface area contributed by atoms with Crippen molar-refractivity contribution in [1.82, 2.24) is 9.80 Å². The van der Waals surface area contributed by atoms with Gasteiger partial charge in [-0.05, 0) is 123 Å². The number of piperidine rings is 1. The van der Waals surface area contributed by atoms with Crippen molar-refractivity contribution < 1.29 is 9.13 Å². The highest BCUT2D eigenvalue weighted by Gasteiger charge is 2.19. The zero-order valence-corrected chi connectivity index (χ0v) is 22.2. The first-order chi connectivity index (χ1) is 18.6. The number of hydrogen-bond acceptors (Lipinski definition) is 4. The van der Waals surface area contributed by atoms with Gasteiger partial charge in [0.2, 0.25) is 0 Å². The summed E-state index contributed by atoms with van der Waals surface area (Å²) in [7, 11) is 0. The van der Waals surface area contributed by atoms with Gasteiger partial charge in [0.1, 0.15) is 11.6 Å². The second-order valence-corrected chi connectivity index (χ2v) is 10.9. The standard InChI is InChI=1S/C33H38FN3O/c34-32-11-8-27(9-12-32)23-37-16-2-7-30-10-13-33(21-31(30)25-37)38-19-3-6-26-14-17-36(18-15-26)24-29-5-1-4-28(20-29)22-35/h1,4-5,8-13,20-21,26H,2-3,6-7,14-19,23-25H2. The highest BCUT2D eigenvalue weighted by molar-refractivity contribution is 5.36. The Balaban J connectivity index is 1.04. The molecule has 0 unspecified atom stereocenters. The van der Waals surface area contributed by atoms with Gasteiger partial charge in [0, 0.05) is 19.6 Å². The molecular formula is C33H38FN3O.